The van der Waals surface area contributed by atoms with Crippen LogP contribution in [-0.2, 0) is 14.8 Å². The predicted octanol–water partition coefficient (Wildman–Crippen LogP) is 2.08. The van der Waals surface area contributed by atoms with Gasteiger partial charge >= 0.3 is 0 Å². The number of nitrogens with zero attached hydrogens (tertiary/aromatic N) is 3. The monoisotopic (exact) mass is 259 g/mol. The van der Waals surface area contributed by atoms with Crippen molar-refractivity contribution in [2.75, 3.05) is 6.61 Å². The molecule has 0 aromatic carbocycles. The molecule has 0 spiro atoms. The van der Waals surface area contributed by atoms with Gasteiger partial charge in [0.1, 0.15) is 0 Å². The average molecular weight is 259 g/mol. The van der Waals surface area contributed by atoms with Gasteiger partial charge in [0, 0.05) is 9.43 Å². The number of hydrogen-bond acceptors (Lipinski definition) is 3. The van der Waals surface area contributed by atoms with Crippen molar-refractivity contribution in [3.8, 4) is 0 Å². The molecule has 7 heteroatoms. The quantitative estimate of drug-likeness (QED) is 0.336. The molecule has 1 saturated heterocycles. The van der Waals surface area contributed by atoms with Crippen LogP contribution in [0.4, 0.5) is 0 Å². The third kappa shape index (κ3) is 2.41. The molecule has 17 heavy (non-hydrogen) atoms. The minimum atomic E-state index is -3.68. The maximum atomic E-state index is 11.8. The van der Waals surface area contributed by atoms with Gasteiger partial charge in [-0.1, -0.05) is 13.8 Å². The fourth-order valence-corrected chi connectivity index (χ4v) is 4.42. The van der Waals surface area contributed by atoms with Gasteiger partial charge in [0.15, 0.2) is 0 Å². The molecule has 1 saturated carbocycles. The predicted molar refractivity (Wildman–Crippen MR) is 62.6 cm³/mol. The Morgan fingerprint density at radius 1 is 1.29 bits per heavy atom. The normalized spacial score (nSPS) is 41.6. The lowest BCUT2D eigenvalue weighted by atomic mass is 9.72. The van der Waals surface area contributed by atoms with E-state index in [9.17, 15) is 8.42 Å². The summed E-state index contributed by atoms with van der Waals surface area (Å²) in [7, 11) is -3.68. The Morgan fingerprint density at radius 2 is 1.94 bits per heavy atom. The Balaban J connectivity index is 2.15. The Kier molecular flexibility index (Phi) is 3.34. The highest BCUT2D eigenvalue weighted by molar-refractivity contribution is 7.90. The summed E-state index contributed by atoms with van der Waals surface area (Å²) < 4.78 is 31.8. The summed E-state index contributed by atoms with van der Waals surface area (Å²) in [5.74, 6) is 0.737. The zero-order chi connectivity index (χ0) is 12.6. The molecule has 0 bridgehead atoms. The second-order valence-corrected chi connectivity index (χ2v) is 6.85. The smallest absolute Gasteiger partial charge is 0.238 e. The summed E-state index contributed by atoms with van der Waals surface area (Å²) in [4.78, 5) is 2.42. The highest BCUT2D eigenvalue weighted by Gasteiger charge is 2.46. The summed E-state index contributed by atoms with van der Waals surface area (Å²) in [6.45, 7) is 4.79. The van der Waals surface area contributed by atoms with Crippen molar-refractivity contribution in [3.63, 3.8) is 0 Å². The number of rotatable bonds is 3. The molecule has 0 aromatic heterocycles. The summed E-state index contributed by atoms with van der Waals surface area (Å²) >= 11 is 0. The maximum Gasteiger partial charge on any atom is 0.238 e. The van der Waals surface area contributed by atoms with Crippen LogP contribution in [0.25, 0.3) is 10.4 Å². The topological polar surface area (TPSA) is 95.4 Å². The van der Waals surface area contributed by atoms with Crippen molar-refractivity contribution in [2.24, 2.45) is 22.3 Å². The molecule has 5 unspecified atom stereocenters. The molecule has 1 aliphatic heterocycles. The van der Waals surface area contributed by atoms with E-state index >= 15 is 0 Å². The van der Waals surface area contributed by atoms with Crippen LogP contribution in [-0.4, -0.2) is 26.4 Å². The zero-order valence-corrected chi connectivity index (χ0v) is 10.8. The molecule has 2 rings (SSSR count). The third-order valence-corrected chi connectivity index (χ3v) is 5.98. The highest BCUT2D eigenvalue weighted by Crippen LogP contribution is 2.43. The lowest BCUT2D eigenvalue weighted by Crippen LogP contribution is -2.40. The fraction of sp³-hybridized carbons (Fsp3) is 1.00. The van der Waals surface area contributed by atoms with Crippen molar-refractivity contribution in [1.29, 1.82) is 0 Å². The van der Waals surface area contributed by atoms with Gasteiger partial charge in [0.25, 0.3) is 0 Å². The van der Waals surface area contributed by atoms with E-state index in [1.807, 2.05) is 6.92 Å². The second-order valence-electron chi connectivity index (χ2n) is 5.06. The maximum absolute atomic E-state index is 11.8. The van der Waals surface area contributed by atoms with E-state index in [-0.39, 0.29) is 11.8 Å². The summed E-state index contributed by atoms with van der Waals surface area (Å²) in [5, 5.41) is -0.539. The molecular weight excluding hydrogens is 242 g/mol. The molecule has 0 N–H and O–H groups in total. The van der Waals surface area contributed by atoms with E-state index in [2.05, 4.69) is 16.4 Å². The summed E-state index contributed by atoms with van der Waals surface area (Å²) in [5.41, 5.74) is 8.29. The zero-order valence-electron chi connectivity index (χ0n) is 9.98. The molecular formula is C10H17N3O3S. The van der Waals surface area contributed by atoms with Gasteiger partial charge < -0.3 is 4.74 Å². The van der Waals surface area contributed by atoms with Crippen LogP contribution in [0.15, 0.2) is 4.52 Å². The van der Waals surface area contributed by atoms with Gasteiger partial charge in [-0.25, -0.2) is 8.42 Å². The van der Waals surface area contributed by atoms with E-state index in [1.165, 1.54) is 0 Å². The van der Waals surface area contributed by atoms with E-state index in [4.69, 9.17) is 10.3 Å². The molecule has 96 valence electrons. The average Bonchev–Trinajstić information content (AvgIpc) is 3.05. The summed E-state index contributed by atoms with van der Waals surface area (Å²) in [6.07, 6.45) is 1.72. The van der Waals surface area contributed by atoms with E-state index in [1.54, 1.807) is 0 Å². The number of sulfonamides is 1. The van der Waals surface area contributed by atoms with Crippen LogP contribution in [0.1, 0.15) is 26.7 Å². The first kappa shape index (κ1) is 12.7. The van der Waals surface area contributed by atoms with Crippen molar-refractivity contribution < 1.29 is 13.2 Å². The van der Waals surface area contributed by atoms with Gasteiger partial charge in [-0.2, -0.15) is 0 Å². The molecule has 1 aliphatic carbocycles. The van der Waals surface area contributed by atoms with Crippen molar-refractivity contribution >= 4 is 10.0 Å². The molecule has 2 fully saturated rings. The first-order valence-corrected chi connectivity index (χ1v) is 7.39. The number of ether oxygens (including phenoxy) is 1. The Morgan fingerprint density at radius 3 is 2.47 bits per heavy atom. The van der Waals surface area contributed by atoms with Gasteiger partial charge in [-0.05, 0) is 36.1 Å². The largest absolute Gasteiger partial charge is 0.373 e. The first-order valence-electron chi connectivity index (χ1n) is 5.89. The second kappa shape index (κ2) is 4.48. The lowest BCUT2D eigenvalue weighted by Gasteiger charge is -2.38. The fourth-order valence-electron chi connectivity index (χ4n) is 2.97. The number of hydrogen-bond donors (Lipinski definition) is 0. The third-order valence-electron chi connectivity index (χ3n) is 4.25. The minimum Gasteiger partial charge on any atom is -0.373 e. The van der Waals surface area contributed by atoms with Gasteiger partial charge in [0.05, 0.1) is 18.0 Å². The van der Waals surface area contributed by atoms with E-state index < -0.39 is 15.3 Å². The van der Waals surface area contributed by atoms with Crippen LogP contribution in [0, 0.1) is 17.8 Å². The standard InChI is InChI=1S/C10H17N3O3S/c1-6-7(2)10(17(14,15)13-12-11)4-3-8(6)9-5-16-9/h6-10H,3-5H2,1-2H3. The Hall–Kier alpha value is -0.780. The van der Waals surface area contributed by atoms with Gasteiger partial charge in [0.2, 0.25) is 10.0 Å². The van der Waals surface area contributed by atoms with Crippen molar-refractivity contribution in [2.45, 2.75) is 38.0 Å². The minimum absolute atomic E-state index is 0.00782. The van der Waals surface area contributed by atoms with E-state index in [0.29, 0.717) is 18.4 Å². The van der Waals surface area contributed by atoms with Crippen molar-refractivity contribution in [1.82, 2.24) is 0 Å². The molecule has 0 amide bonds. The molecule has 0 aromatic rings. The molecule has 5 atom stereocenters. The molecule has 6 nitrogen and oxygen atoms in total. The van der Waals surface area contributed by atoms with E-state index in [0.717, 1.165) is 13.0 Å². The van der Waals surface area contributed by atoms with Crippen LogP contribution >= 0.6 is 0 Å². The molecule has 2 aliphatic rings. The number of epoxide rings is 1. The van der Waals surface area contributed by atoms with Crippen LogP contribution in [0.2, 0.25) is 0 Å². The summed E-state index contributed by atoms with van der Waals surface area (Å²) in [6, 6.07) is 0. The molecule has 1 heterocycles. The Labute approximate surface area is 101 Å². The van der Waals surface area contributed by atoms with Gasteiger partial charge in [-0.15, -0.1) is 0 Å². The molecule has 0 radical (unpaired) electrons. The lowest BCUT2D eigenvalue weighted by molar-refractivity contribution is 0.149. The SMILES string of the molecule is CC1C(C)C(S(=O)(=O)N=[N+]=[N-])CCC1C1CO1. The Bertz CT molecular complexity index is 440. The van der Waals surface area contributed by atoms with Crippen LogP contribution < -0.4 is 0 Å². The van der Waals surface area contributed by atoms with Gasteiger partial charge in [-0.3, -0.25) is 0 Å². The first-order chi connectivity index (χ1) is 7.97. The highest BCUT2D eigenvalue weighted by atomic mass is 32.2. The number of azide groups is 1. The van der Waals surface area contributed by atoms with Crippen LogP contribution in [0.5, 0.6) is 0 Å². The van der Waals surface area contributed by atoms with Crippen molar-refractivity contribution in [3.05, 3.63) is 10.4 Å². The van der Waals surface area contributed by atoms with Crippen LogP contribution in [0.3, 0.4) is 0 Å².